The normalized spacial score (nSPS) is 13.2. The van der Waals surface area contributed by atoms with Gasteiger partial charge in [-0.2, -0.15) is 0 Å². The van der Waals surface area contributed by atoms with Gasteiger partial charge in [-0.15, -0.1) is 11.3 Å². The number of hydrogen-bond donors (Lipinski definition) is 2. The van der Waals surface area contributed by atoms with E-state index in [4.69, 9.17) is 10.3 Å². The monoisotopic (exact) mass is 248 g/mol. The van der Waals surface area contributed by atoms with Gasteiger partial charge in [0, 0.05) is 24.2 Å². The summed E-state index contributed by atoms with van der Waals surface area (Å²) in [5.41, 5.74) is 3.75. The zero-order chi connectivity index (χ0) is 11.7. The van der Waals surface area contributed by atoms with Crippen molar-refractivity contribution in [2.24, 2.45) is 5.84 Å². The van der Waals surface area contributed by atoms with Crippen molar-refractivity contribution in [3.8, 4) is 0 Å². The Balaban J connectivity index is 1.83. The predicted molar refractivity (Wildman–Crippen MR) is 65.5 cm³/mol. The van der Waals surface area contributed by atoms with Crippen LogP contribution >= 0.6 is 11.3 Å². The Morgan fingerprint density at radius 1 is 1.59 bits per heavy atom. The van der Waals surface area contributed by atoms with Crippen molar-refractivity contribution in [1.82, 2.24) is 14.8 Å². The van der Waals surface area contributed by atoms with Crippen molar-refractivity contribution in [3.63, 3.8) is 0 Å². The molecule has 88 valence electrons. The molecular formula is C11H12N4OS. The molecule has 3 aromatic rings. The third-order valence-electron chi connectivity index (χ3n) is 2.64. The van der Waals surface area contributed by atoms with Gasteiger partial charge in [0.1, 0.15) is 5.76 Å². The van der Waals surface area contributed by atoms with Crippen LogP contribution in [-0.4, -0.2) is 9.38 Å². The third kappa shape index (κ3) is 1.97. The maximum Gasteiger partial charge on any atom is 0.193 e. The van der Waals surface area contributed by atoms with Crippen LogP contribution < -0.4 is 11.3 Å². The number of nitrogens with one attached hydrogen (secondary N) is 1. The van der Waals surface area contributed by atoms with E-state index in [1.54, 1.807) is 17.6 Å². The molecule has 0 saturated heterocycles. The summed E-state index contributed by atoms with van der Waals surface area (Å²) >= 11 is 1.62. The number of nitrogens with zero attached hydrogens (tertiary/aromatic N) is 2. The molecule has 0 amide bonds. The lowest BCUT2D eigenvalue weighted by Crippen LogP contribution is -2.29. The van der Waals surface area contributed by atoms with Crippen molar-refractivity contribution in [3.05, 3.63) is 47.6 Å². The molecule has 0 aliphatic rings. The van der Waals surface area contributed by atoms with E-state index < -0.39 is 0 Å². The number of aromatic nitrogens is 2. The molecule has 0 aliphatic heterocycles. The number of fused-ring (bicyclic) bond motifs is 1. The van der Waals surface area contributed by atoms with Gasteiger partial charge < -0.3 is 4.42 Å². The second kappa shape index (κ2) is 4.33. The molecule has 0 fully saturated rings. The van der Waals surface area contributed by atoms with Crippen LogP contribution in [0.2, 0.25) is 0 Å². The van der Waals surface area contributed by atoms with E-state index in [1.165, 1.54) is 0 Å². The van der Waals surface area contributed by atoms with Crippen molar-refractivity contribution in [1.29, 1.82) is 0 Å². The maximum absolute atomic E-state index is 5.54. The average Bonchev–Trinajstić information content (AvgIpc) is 3.01. The van der Waals surface area contributed by atoms with Gasteiger partial charge in [-0.25, -0.2) is 10.4 Å². The number of rotatable bonds is 4. The predicted octanol–water partition coefficient (Wildman–Crippen LogP) is 1.74. The highest BCUT2D eigenvalue weighted by Crippen LogP contribution is 2.19. The highest BCUT2D eigenvalue weighted by atomic mass is 32.1. The van der Waals surface area contributed by atoms with Crippen LogP contribution in [0.3, 0.4) is 0 Å². The summed E-state index contributed by atoms with van der Waals surface area (Å²) in [4.78, 5) is 5.51. The van der Waals surface area contributed by atoms with Crippen LogP contribution in [0.4, 0.5) is 0 Å². The smallest absolute Gasteiger partial charge is 0.193 e. The number of imidazole rings is 1. The molecule has 0 spiro atoms. The van der Waals surface area contributed by atoms with E-state index >= 15 is 0 Å². The summed E-state index contributed by atoms with van der Waals surface area (Å²) in [5.74, 6) is 6.36. The number of nitrogens with two attached hydrogens (primary N) is 1. The Morgan fingerprint density at radius 3 is 3.24 bits per heavy atom. The largest absolute Gasteiger partial charge is 0.468 e. The second-order valence-corrected chi connectivity index (χ2v) is 4.64. The SMILES string of the molecule is NNC(Cc1cn2ccsc2n1)c1ccco1. The molecule has 5 nitrogen and oxygen atoms in total. The first-order valence-electron chi connectivity index (χ1n) is 5.27. The van der Waals surface area contributed by atoms with Gasteiger partial charge in [0.25, 0.3) is 0 Å². The molecule has 0 radical (unpaired) electrons. The van der Waals surface area contributed by atoms with Gasteiger partial charge in [0.2, 0.25) is 0 Å². The molecule has 0 saturated carbocycles. The van der Waals surface area contributed by atoms with Crippen LogP contribution in [0.1, 0.15) is 17.5 Å². The van der Waals surface area contributed by atoms with Gasteiger partial charge in [0.05, 0.1) is 18.0 Å². The van der Waals surface area contributed by atoms with Gasteiger partial charge >= 0.3 is 0 Å². The number of hydrogen-bond acceptors (Lipinski definition) is 5. The molecule has 3 N–H and O–H groups in total. The molecule has 1 atom stereocenters. The molecule has 3 heterocycles. The van der Waals surface area contributed by atoms with Gasteiger partial charge in [-0.3, -0.25) is 10.2 Å². The average molecular weight is 248 g/mol. The Kier molecular flexibility index (Phi) is 2.68. The lowest BCUT2D eigenvalue weighted by Gasteiger charge is -2.10. The number of thiazole rings is 1. The molecule has 0 aliphatic carbocycles. The van der Waals surface area contributed by atoms with Gasteiger partial charge in [0.15, 0.2) is 4.96 Å². The van der Waals surface area contributed by atoms with Gasteiger partial charge in [-0.1, -0.05) is 0 Å². The first-order valence-corrected chi connectivity index (χ1v) is 6.15. The van der Waals surface area contributed by atoms with E-state index in [1.807, 2.05) is 34.3 Å². The minimum absolute atomic E-state index is 0.0467. The standard InChI is InChI=1S/C11H12N4OS/c12-14-9(10-2-1-4-16-10)6-8-7-15-3-5-17-11(15)13-8/h1-5,7,9,14H,6,12H2. The van der Waals surface area contributed by atoms with Crippen LogP contribution in [-0.2, 0) is 6.42 Å². The fourth-order valence-electron chi connectivity index (χ4n) is 1.81. The Morgan fingerprint density at radius 2 is 2.53 bits per heavy atom. The van der Waals surface area contributed by atoms with Crippen LogP contribution in [0.25, 0.3) is 4.96 Å². The van der Waals surface area contributed by atoms with Crippen molar-refractivity contribution >= 4 is 16.3 Å². The highest BCUT2D eigenvalue weighted by molar-refractivity contribution is 7.15. The first kappa shape index (κ1) is 10.5. The quantitative estimate of drug-likeness (QED) is 0.545. The summed E-state index contributed by atoms with van der Waals surface area (Å²) in [7, 11) is 0. The van der Waals surface area contributed by atoms with E-state index in [-0.39, 0.29) is 6.04 Å². The fourth-order valence-corrected chi connectivity index (χ4v) is 2.53. The maximum atomic E-state index is 5.54. The molecule has 1 unspecified atom stereocenters. The summed E-state index contributed by atoms with van der Waals surface area (Å²) in [6.07, 6.45) is 6.36. The third-order valence-corrected chi connectivity index (χ3v) is 3.41. The topological polar surface area (TPSA) is 68.5 Å². The molecular weight excluding hydrogens is 236 g/mol. The fraction of sp³-hybridized carbons (Fsp3) is 0.182. The molecule has 0 bridgehead atoms. The lowest BCUT2D eigenvalue weighted by atomic mass is 10.1. The van der Waals surface area contributed by atoms with E-state index in [0.29, 0.717) is 6.42 Å². The van der Waals surface area contributed by atoms with Crippen molar-refractivity contribution < 1.29 is 4.42 Å². The number of furan rings is 1. The van der Waals surface area contributed by atoms with Crippen molar-refractivity contribution in [2.75, 3.05) is 0 Å². The molecule has 3 aromatic heterocycles. The number of hydrazine groups is 1. The Bertz CT molecular complexity index is 569. The Hall–Kier alpha value is -1.63. The minimum atomic E-state index is -0.0467. The molecule has 17 heavy (non-hydrogen) atoms. The summed E-state index contributed by atoms with van der Waals surface area (Å²) in [5, 5.41) is 2.01. The lowest BCUT2D eigenvalue weighted by molar-refractivity contribution is 0.414. The van der Waals surface area contributed by atoms with Gasteiger partial charge in [-0.05, 0) is 12.1 Å². The molecule has 3 rings (SSSR count). The molecule has 6 heteroatoms. The summed E-state index contributed by atoms with van der Waals surface area (Å²) in [6, 6.07) is 3.71. The van der Waals surface area contributed by atoms with Crippen LogP contribution in [0.5, 0.6) is 0 Å². The summed E-state index contributed by atoms with van der Waals surface area (Å²) < 4.78 is 7.35. The van der Waals surface area contributed by atoms with Crippen molar-refractivity contribution in [2.45, 2.75) is 12.5 Å². The van der Waals surface area contributed by atoms with E-state index in [2.05, 4.69) is 10.4 Å². The zero-order valence-electron chi connectivity index (χ0n) is 9.04. The first-order chi connectivity index (χ1) is 8.36. The van der Waals surface area contributed by atoms with Crippen LogP contribution in [0.15, 0.2) is 40.6 Å². The second-order valence-electron chi connectivity index (χ2n) is 3.76. The molecule has 0 aromatic carbocycles. The van der Waals surface area contributed by atoms with E-state index in [9.17, 15) is 0 Å². The van der Waals surface area contributed by atoms with Crippen LogP contribution in [0, 0.1) is 0 Å². The minimum Gasteiger partial charge on any atom is -0.468 e. The summed E-state index contributed by atoms with van der Waals surface area (Å²) in [6.45, 7) is 0. The zero-order valence-corrected chi connectivity index (χ0v) is 9.85. The van der Waals surface area contributed by atoms with E-state index in [0.717, 1.165) is 16.4 Å². The highest BCUT2D eigenvalue weighted by Gasteiger charge is 2.15. The Labute approximate surface area is 102 Å².